The number of halogens is 4. The molecule has 0 spiro atoms. The number of nitrogens with two attached hydrogens (primary N) is 1. The second-order valence-electron chi connectivity index (χ2n) is 4.65. The fraction of sp³-hybridized carbons (Fsp3) is 0.200. The highest BCUT2D eigenvalue weighted by Gasteiger charge is 2.20. The molecule has 0 aromatic heterocycles. The lowest BCUT2D eigenvalue weighted by atomic mass is 10.0. The maximum absolute atomic E-state index is 6.15. The average molecular weight is 410 g/mol. The quantitative estimate of drug-likeness (QED) is 0.640. The van der Waals surface area contributed by atoms with Crippen LogP contribution in [-0.2, 0) is 0 Å². The molecule has 0 aliphatic carbocycles. The van der Waals surface area contributed by atoms with Crippen LogP contribution < -0.4 is 10.5 Å². The van der Waals surface area contributed by atoms with Gasteiger partial charge in [0, 0.05) is 16.6 Å². The van der Waals surface area contributed by atoms with Gasteiger partial charge in [-0.1, -0.05) is 62.9 Å². The predicted octanol–water partition coefficient (Wildman–Crippen LogP) is 5.88. The van der Waals surface area contributed by atoms with Gasteiger partial charge in [-0.15, -0.1) is 0 Å². The van der Waals surface area contributed by atoms with E-state index in [4.69, 9.17) is 45.3 Å². The molecule has 0 fully saturated rings. The van der Waals surface area contributed by atoms with Gasteiger partial charge in [0.15, 0.2) is 0 Å². The standard InChI is InChI=1S/C15H13BrCl3NO/c1-8(20)15(9-2-4-10(16)5-3-9)21-14-7-12(18)11(17)6-13(14)19/h2-8,15H,20H2,1H3. The van der Waals surface area contributed by atoms with E-state index in [0.29, 0.717) is 20.8 Å². The minimum atomic E-state index is -0.340. The Labute approximate surface area is 147 Å². The summed E-state index contributed by atoms with van der Waals surface area (Å²) in [4.78, 5) is 0. The third-order valence-corrected chi connectivity index (χ3v) is 4.45. The smallest absolute Gasteiger partial charge is 0.140 e. The predicted molar refractivity (Wildman–Crippen MR) is 92.6 cm³/mol. The summed E-state index contributed by atoms with van der Waals surface area (Å²) < 4.78 is 6.94. The molecule has 0 radical (unpaired) electrons. The molecular weight excluding hydrogens is 396 g/mol. The van der Waals surface area contributed by atoms with E-state index in [2.05, 4.69) is 15.9 Å². The van der Waals surface area contributed by atoms with Gasteiger partial charge in [0.05, 0.1) is 15.1 Å². The molecule has 0 heterocycles. The number of benzene rings is 2. The van der Waals surface area contributed by atoms with Crippen LogP contribution in [0.3, 0.4) is 0 Å². The molecule has 2 N–H and O–H groups in total. The van der Waals surface area contributed by atoms with Crippen molar-refractivity contribution >= 4 is 50.7 Å². The summed E-state index contributed by atoms with van der Waals surface area (Å²) in [7, 11) is 0. The summed E-state index contributed by atoms with van der Waals surface area (Å²) >= 11 is 21.5. The molecule has 2 atom stereocenters. The van der Waals surface area contributed by atoms with E-state index in [1.807, 2.05) is 31.2 Å². The van der Waals surface area contributed by atoms with Gasteiger partial charge in [-0.2, -0.15) is 0 Å². The topological polar surface area (TPSA) is 35.2 Å². The van der Waals surface area contributed by atoms with Gasteiger partial charge in [-0.05, 0) is 30.7 Å². The lowest BCUT2D eigenvalue weighted by molar-refractivity contribution is 0.180. The van der Waals surface area contributed by atoms with Crippen molar-refractivity contribution in [3.63, 3.8) is 0 Å². The Kier molecular flexibility index (Phi) is 5.81. The highest BCUT2D eigenvalue weighted by atomic mass is 79.9. The summed E-state index contributed by atoms with van der Waals surface area (Å²) in [6.07, 6.45) is -0.340. The SMILES string of the molecule is CC(N)C(Oc1cc(Cl)c(Cl)cc1Cl)c1ccc(Br)cc1. The van der Waals surface area contributed by atoms with Crippen molar-refractivity contribution in [2.45, 2.75) is 19.1 Å². The Hall–Kier alpha value is -0.450. The number of hydrogen-bond acceptors (Lipinski definition) is 2. The Morgan fingerprint density at radius 1 is 1.00 bits per heavy atom. The molecule has 2 unspecified atom stereocenters. The molecule has 0 amide bonds. The lowest BCUT2D eigenvalue weighted by Crippen LogP contribution is -2.29. The molecule has 0 aliphatic heterocycles. The molecule has 0 saturated heterocycles. The van der Waals surface area contributed by atoms with Gasteiger partial charge in [0.2, 0.25) is 0 Å². The second kappa shape index (κ2) is 7.21. The molecule has 2 aromatic carbocycles. The van der Waals surface area contributed by atoms with Crippen LogP contribution in [-0.4, -0.2) is 6.04 Å². The average Bonchev–Trinajstić information content (AvgIpc) is 2.42. The first kappa shape index (κ1) is 16.9. The van der Waals surface area contributed by atoms with Gasteiger partial charge < -0.3 is 10.5 Å². The highest BCUT2D eigenvalue weighted by Crippen LogP contribution is 2.36. The Balaban J connectivity index is 2.33. The van der Waals surface area contributed by atoms with Crippen LogP contribution in [0.1, 0.15) is 18.6 Å². The summed E-state index contributed by atoms with van der Waals surface area (Å²) in [5, 5.41) is 1.16. The van der Waals surface area contributed by atoms with Crippen LogP contribution in [0.5, 0.6) is 5.75 Å². The maximum atomic E-state index is 6.15. The van der Waals surface area contributed by atoms with E-state index < -0.39 is 0 Å². The first-order valence-electron chi connectivity index (χ1n) is 6.20. The molecule has 112 valence electrons. The van der Waals surface area contributed by atoms with Crippen molar-refractivity contribution in [2.24, 2.45) is 5.73 Å². The molecule has 6 heteroatoms. The fourth-order valence-electron chi connectivity index (χ4n) is 1.86. The number of rotatable bonds is 4. The van der Waals surface area contributed by atoms with Crippen molar-refractivity contribution < 1.29 is 4.74 Å². The largest absolute Gasteiger partial charge is 0.482 e. The first-order chi connectivity index (χ1) is 9.88. The Bertz CT molecular complexity index is 632. The number of hydrogen-bond donors (Lipinski definition) is 1. The minimum absolute atomic E-state index is 0.225. The second-order valence-corrected chi connectivity index (χ2v) is 6.78. The van der Waals surface area contributed by atoms with Crippen molar-refractivity contribution in [3.8, 4) is 5.75 Å². The van der Waals surface area contributed by atoms with Crippen LogP contribution in [0.2, 0.25) is 15.1 Å². The first-order valence-corrected chi connectivity index (χ1v) is 8.13. The molecule has 0 aliphatic rings. The van der Waals surface area contributed by atoms with Crippen LogP contribution in [0.15, 0.2) is 40.9 Å². The molecule has 21 heavy (non-hydrogen) atoms. The van der Waals surface area contributed by atoms with Crippen LogP contribution >= 0.6 is 50.7 Å². The van der Waals surface area contributed by atoms with E-state index in [1.54, 1.807) is 12.1 Å². The zero-order chi connectivity index (χ0) is 15.6. The monoisotopic (exact) mass is 407 g/mol. The summed E-state index contributed by atoms with van der Waals surface area (Å²) in [5.74, 6) is 0.455. The van der Waals surface area contributed by atoms with Gasteiger partial charge in [-0.25, -0.2) is 0 Å². The summed E-state index contributed by atoms with van der Waals surface area (Å²) in [5.41, 5.74) is 6.99. The number of ether oxygens (including phenoxy) is 1. The molecule has 0 saturated carbocycles. The van der Waals surface area contributed by atoms with E-state index in [1.165, 1.54) is 0 Å². The van der Waals surface area contributed by atoms with Gasteiger partial charge in [-0.3, -0.25) is 0 Å². The van der Waals surface area contributed by atoms with E-state index >= 15 is 0 Å². The highest BCUT2D eigenvalue weighted by molar-refractivity contribution is 9.10. The van der Waals surface area contributed by atoms with Gasteiger partial charge in [0.25, 0.3) is 0 Å². The molecule has 0 bridgehead atoms. The summed E-state index contributed by atoms with van der Waals surface area (Å²) in [6, 6.07) is 10.7. The zero-order valence-electron chi connectivity index (χ0n) is 11.1. The van der Waals surface area contributed by atoms with Crippen LogP contribution in [0.4, 0.5) is 0 Å². The van der Waals surface area contributed by atoms with E-state index in [9.17, 15) is 0 Å². The van der Waals surface area contributed by atoms with Gasteiger partial charge in [0.1, 0.15) is 11.9 Å². The molecule has 2 rings (SSSR count). The van der Waals surface area contributed by atoms with Crippen molar-refractivity contribution in [2.75, 3.05) is 0 Å². The molecular formula is C15H13BrCl3NO. The fourth-order valence-corrected chi connectivity index (χ4v) is 2.71. The molecule has 2 aromatic rings. The molecule has 2 nitrogen and oxygen atoms in total. The van der Waals surface area contributed by atoms with Crippen molar-refractivity contribution in [1.82, 2.24) is 0 Å². The van der Waals surface area contributed by atoms with E-state index in [0.717, 1.165) is 10.0 Å². The minimum Gasteiger partial charge on any atom is -0.482 e. The van der Waals surface area contributed by atoms with E-state index in [-0.39, 0.29) is 12.1 Å². The lowest BCUT2D eigenvalue weighted by Gasteiger charge is -2.24. The Morgan fingerprint density at radius 2 is 1.57 bits per heavy atom. The van der Waals surface area contributed by atoms with Crippen molar-refractivity contribution in [1.29, 1.82) is 0 Å². The maximum Gasteiger partial charge on any atom is 0.140 e. The summed E-state index contributed by atoms with van der Waals surface area (Å²) in [6.45, 7) is 1.87. The van der Waals surface area contributed by atoms with Crippen molar-refractivity contribution in [3.05, 3.63) is 61.5 Å². The van der Waals surface area contributed by atoms with Gasteiger partial charge >= 0.3 is 0 Å². The third-order valence-electron chi connectivity index (χ3n) is 2.90. The normalized spacial score (nSPS) is 13.8. The zero-order valence-corrected chi connectivity index (χ0v) is 15.0. The van der Waals surface area contributed by atoms with Crippen LogP contribution in [0, 0.1) is 0 Å². The third kappa shape index (κ3) is 4.27. The van der Waals surface area contributed by atoms with Crippen LogP contribution in [0.25, 0.3) is 0 Å². The Morgan fingerprint density at radius 3 is 2.14 bits per heavy atom.